The van der Waals surface area contributed by atoms with E-state index in [9.17, 15) is 4.79 Å². The smallest absolute Gasteiger partial charge is 0.223 e. The predicted octanol–water partition coefficient (Wildman–Crippen LogP) is 1.21. The van der Waals surface area contributed by atoms with Gasteiger partial charge in [-0.15, -0.1) is 0 Å². The highest BCUT2D eigenvalue weighted by molar-refractivity contribution is 5.91. The van der Waals surface area contributed by atoms with E-state index in [2.05, 4.69) is 10.5 Å². The Balaban J connectivity index is 1.98. The normalized spacial score (nSPS) is 24.4. The second kappa shape index (κ2) is 5.38. The summed E-state index contributed by atoms with van der Waals surface area (Å²) in [5, 5.41) is 14.8. The molecule has 1 atom stereocenters. The van der Waals surface area contributed by atoms with Gasteiger partial charge < -0.3 is 16.3 Å². The fraction of sp³-hybridized carbons (Fsp3) is 0.833. The molecule has 0 bridgehead atoms. The van der Waals surface area contributed by atoms with E-state index in [1.807, 2.05) is 0 Å². The number of amides is 1. The highest BCUT2D eigenvalue weighted by atomic mass is 16.4. The minimum absolute atomic E-state index is 0.0622. The molecular weight excluding hydrogens is 218 g/mol. The van der Waals surface area contributed by atoms with Crippen molar-refractivity contribution in [2.45, 2.75) is 51.0 Å². The summed E-state index contributed by atoms with van der Waals surface area (Å²) < 4.78 is 0. The first-order valence-electron chi connectivity index (χ1n) is 6.50. The zero-order valence-electron chi connectivity index (χ0n) is 10.1. The largest absolute Gasteiger partial charge is 0.409 e. The van der Waals surface area contributed by atoms with Crippen molar-refractivity contribution in [1.29, 1.82) is 0 Å². The molecule has 0 spiro atoms. The standard InChI is InChI=1S/C12H21N3O2/c13-11(15-17)10(8-4-2-1-3-5-8)14-12(16)9-6-7-9/h8-10,17H,1-7H2,(H2,13,15)(H,14,16). The van der Waals surface area contributed by atoms with Crippen molar-refractivity contribution in [2.75, 3.05) is 0 Å². The van der Waals surface area contributed by atoms with Crippen molar-refractivity contribution in [3.05, 3.63) is 0 Å². The maximum atomic E-state index is 11.8. The number of hydrogen-bond donors (Lipinski definition) is 3. The number of hydrogen-bond acceptors (Lipinski definition) is 3. The highest BCUT2D eigenvalue weighted by Gasteiger charge is 2.34. The monoisotopic (exact) mass is 239 g/mol. The molecule has 0 aromatic rings. The third kappa shape index (κ3) is 3.11. The summed E-state index contributed by atoms with van der Waals surface area (Å²) in [6.45, 7) is 0. The van der Waals surface area contributed by atoms with E-state index < -0.39 is 0 Å². The summed E-state index contributed by atoms with van der Waals surface area (Å²) in [4.78, 5) is 11.8. The molecule has 2 saturated carbocycles. The summed E-state index contributed by atoms with van der Waals surface area (Å²) in [5.41, 5.74) is 5.70. The van der Waals surface area contributed by atoms with E-state index in [-0.39, 0.29) is 23.7 Å². The minimum Gasteiger partial charge on any atom is -0.409 e. The molecule has 5 heteroatoms. The van der Waals surface area contributed by atoms with Gasteiger partial charge in [0.25, 0.3) is 0 Å². The second-order valence-electron chi connectivity index (χ2n) is 5.18. The van der Waals surface area contributed by atoms with Crippen LogP contribution in [0.4, 0.5) is 0 Å². The molecule has 2 rings (SSSR count). The highest BCUT2D eigenvalue weighted by Crippen LogP contribution is 2.31. The van der Waals surface area contributed by atoms with Gasteiger partial charge in [0, 0.05) is 5.92 Å². The second-order valence-corrected chi connectivity index (χ2v) is 5.18. The number of carbonyl (C=O) groups excluding carboxylic acids is 1. The molecule has 0 saturated heterocycles. The Morgan fingerprint density at radius 1 is 1.24 bits per heavy atom. The number of oxime groups is 1. The Kier molecular flexibility index (Phi) is 3.86. The van der Waals surface area contributed by atoms with E-state index in [4.69, 9.17) is 10.9 Å². The molecule has 5 nitrogen and oxygen atoms in total. The van der Waals surface area contributed by atoms with Crippen molar-refractivity contribution >= 4 is 11.7 Å². The first-order valence-corrected chi connectivity index (χ1v) is 6.50. The number of rotatable bonds is 4. The summed E-state index contributed by atoms with van der Waals surface area (Å²) in [6, 6.07) is -0.284. The number of nitrogens with one attached hydrogen (secondary N) is 1. The van der Waals surface area contributed by atoms with Crippen molar-refractivity contribution in [3.63, 3.8) is 0 Å². The Hall–Kier alpha value is -1.26. The lowest BCUT2D eigenvalue weighted by Gasteiger charge is -2.30. The first-order chi connectivity index (χ1) is 8.22. The Bertz CT molecular complexity index is 307. The van der Waals surface area contributed by atoms with Crippen LogP contribution in [0.3, 0.4) is 0 Å². The molecule has 1 amide bonds. The summed E-state index contributed by atoms with van der Waals surface area (Å²) in [7, 11) is 0. The SMILES string of the molecule is N/C(=N\O)C(NC(=O)C1CC1)C1CCCCC1. The average Bonchev–Trinajstić information content (AvgIpc) is 3.20. The van der Waals surface area contributed by atoms with Crippen LogP contribution in [0.2, 0.25) is 0 Å². The van der Waals surface area contributed by atoms with Gasteiger partial charge in [0.2, 0.25) is 5.91 Å². The third-order valence-electron chi connectivity index (χ3n) is 3.80. The van der Waals surface area contributed by atoms with E-state index in [0.29, 0.717) is 5.92 Å². The van der Waals surface area contributed by atoms with Crippen LogP contribution < -0.4 is 11.1 Å². The van der Waals surface area contributed by atoms with Crippen molar-refractivity contribution in [3.8, 4) is 0 Å². The zero-order chi connectivity index (χ0) is 12.3. The van der Waals surface area contributed by atoms with Gasteiger partial charge >= 0.3 is 0 Å². The summed E-state index contributed by atoms with van der Waals surface area (Å²) in [5.74, 6) is 0.688. The molecule has 4 N–H and O–H groups in total. The van der Waals surface area contributed by atoms with Gasteiger partial charge in [-0.05, 0) is 31.6 Å². The number of carbonyl (C=O) groups is 1. The van der Waals surface area contributed by atoms with E-state index in [0.717, 1.165) is 25.7 Å². The third-order valence-corrected chi connectivity index (χ3v) is 3.80. The fourth-order valence-corrected chi connectivity index (χ4v) is 2.58. The van der Waals surface area contributed by atoms with Crippen LogP contribution in [0.15, 0.2) is 5.16 Å². The fourth-order valence-electron chi connectivity index (χ4n) is 2.58. The number of amidine groups is 1. The molecule has 0 radical (unpaired) electrons. The van der Waals surface area contributed by atoms with Gasteiger partial charge in [0.15, 0.2) is 5.84 Å². The van der Waals surface area contributed by atoms with E-state index in [1.165, 1.54) is 19.3 Å². The van der Waals surface area contributed by atoms with Crippen LogP contribution in [0.5, 0.6) is 0 Å². The zero-order valence-corrected chi connectivity index (χ0v) is 10.1. The molecule has 1 unspecified atom stereocenters. The lowest BCUT2D eigenvalue weighted by molar-refractivity contribution is -0.123. The van der Waals surface area contributed by atoms with E-state index in [1.54, 1.807) is 0 Å². The molecule has 0 aliphatic heterocycles. The van der Waals surface area contributed by atoms with Crippen LogP contribution in [0.1, 0.15) is 44.9 Å². The van der Waals surface area contributed by atoms with Gasteiger partial charge in [0.05, 0.1) is 6.04 Å². The van der Waals surface area contributed by atoms with Crippen LogP contribution >= 0.6 is 0 Å². The predicted molar refractivity (Wildman–Crippen MR) is 64.6 cm³/mol. The van der Waals surface area contributed by atoms with E-state index >= 15 is 0 Å². The molecule has 2 aliphatic rings. The average molecular weight is 239 g/mol. The molecular formula is C12H21N3O2. The topological polar surface area (TPSA) is 87.7 Å². The van der Waals surface area contributed by atoms with Gasteiger partial charge in [-0.3, -0.25) is 4.79 Å². The molecule has 2 aliphatic carbocycles. The maximum absolute atomic E-state index is 11.8. The Labute approximate surface area is 101 Å². The van der Waals surface area contributed by atoms with Crippen LogP contribution in [0.25, 0.3) is 0 Å². The summed E-state index contributed by atoms with van der Waals surface area (Å²) >= 11 is 0. The van der Waals surface area contributed by atoms with Crippen molar-refractivity contribution < 1.29 is 10.0 Å². The van der Waals surface area contributed by atoms with Crippen LogP contribution in [-0.2, 0) is 4.79 Å². The van der Waals surface area contributed by atoms with Crippen LogP contribution in [0, 0.1) is 11.8 Å². The number of nitrogens with zero attached hydrogens (tertiary/aromatic N) is 1. The lowest BCUT2D eigenvalue weighted by atomic mass is 9.83. The van der Waals surface area contributed by atoms with Gasteiger partial charge in [-0.2, -0.15) is 0 Å². The van der Waals surface area contributed by atoms with Crippen molar-refractivity contribution in [2.24, 2.45) is 22.7 Å². The van der Waals surface area contributed by atoms with Gasteiger partial charge in [-0.25, -0.2) is 0 Å². The van der Waals surface area contributed by atoms with Crippen LogP contribution in [-0.4, -0.2) is 23.0 Å². The Morgan fingerprint density at radius 3 is 2.41 bits per heavy atom. The quantitative estimate of drug-likeness (QED) is 0.298. The maximum Gasteiger partial charge on any atom is 0.223 e. The Morgan fingerprint density at radius 2 is 1.88 bits per heavy atom. The molecule has 0 aromatic carbocycles. The molecule has 0 heterocycles. The van der Waals surface area contributed by atoms with Gasteiger partial charge in [0.1, 0.15) is 0 Å². The van der Waals surface area contributed by atoms with Crippen molar-refractivity contribution in [1.82, 2.24) is 5.32 Å². The minimum atomic E-state index is -0.284. The molecule has 2 fully saturated rings. The first kappa shape index (κ1) is 12.2. The number of nitrogens with two attached hydrogens (primary N) is 1. The summed E-state index contributed by atoms with van der Waals surface area (Å²) in [6.07, 6.45) is 7.62. The van der Waals surface area contributed by atoms with Gasteiger partial charge in [-0.1, -0.05) is 24.4 Å². The molecule has 0 aromatic heterocycles. The molecule has 17 heavy (non-hydrogen) atoms. The lowest BCUT2D eigenvalue weighted by Crippen LogP contribution is -2.50. The molecule has 96 valence electrons.